The fraction of sp³-hybridized carbons (Fsp3) is 0. The minimum absolute atomic E-state index is 0.0188. The van der Waals surface area contributed by atoms with Gasteiger partial charge in [-0.05, 0) is 36.4 Å². The summed E-state index contributed by atoms with van der Waals surface area (Å²) in [7, 11) is 0. The topological polar surface area (TPSA) is 78.5 Å². The number of anilines is 4. The van der Waals surface area contributed by atoms with Gasteiger partial charge < -0.3 is 10.6 Å². The number of nitrogens with zero attached hydrogens (tertiary/aromatic N) is 3. The molecule has 0 radical (unpaired) electrons. The van der Waals surface area contributed by atoms with Gasteiger partial charge >= 0.3 is 0 Å². The zero-order valence-electron chi connectivity index (χ0n) is 13.1. The van der Waals surface area contributed by atoms with Gasteiger partial charge in [-0.2, -0.15) is 10.1 Å². The molecule has 4 rings (SSSR count). The molecular weight excluding hydrogens is 378 g/mol. The first-order chi connectivity index (χ1) is 12.6. The van der Waals surface area contributed by atoms with Gasteiger partial charge in [0.25, 0.3) is 0 Å². The van der Waals surface area contributed by atoms with Crippen LogP contribution in [0.5, 0.6) is 0 Å². The number of nitrogens with one attached hydrogen (secondary N) is 3. The van der Waals surface area contributed by atoms with Gasteiger partial charge in [0.05, 0.1) is 28.0 Å². The second-order valence-corrected chi connectivity index (χ2v) is 6.26. The summed E-state index contributed by atoms with van der Waals surface area (Å²) in [5, 5.41) is 14.5. The quantitative estimate of drug-likeness (QED) is 0.442. The number of H-pyrrole nitrogens is 1. The fourth-order valence-corrected chi connectivity index (χ4v) is 2.67. The molecule has 0 saturated heterocycles. The van der Waals surface area contributed by atoms with Gasteiger partial charge in [-0.25, -0.2) is 9.37 Å². The normalized spacial score (nSPS) is 10.9. The molecule has 0 fully saturated rings. The summed E-state index contributed by atoms with van der Waals surface area (Å²) >= 11 is 11.9. The molecule has 2 aromatic heterocycles. The van der Waals surface area contributed by atoms with Crippen molar-refractivity contribution < 1.29 is 4.39 Å². The first kappa shape index (κ1) is 16.6. The molecule has 0 aliphatic rings. The van der Waals surface area contributed by atoms with Crippen LogP contribution in [0, 0.1) is 5.82 Å². The van der Waals surface area contributed by atoms with Gasteiger partial charge in [-0.3, -0.25) is 5.10 Å². The minimum Gasteiger partial charge on any atom is -0.338 e. The molecule has 2 aromatic carbocycles. The molecule has 26 heavy (non-hydrogen) atoms. The van der Waals surface area contributed by atoms with Crippen molar-refractivity contribution in [1.82, 2.24) is 20.2 Å². The van der Waals surface area contributed by atoms with Crippen molar-refractivity contribution >= 4 is 57.2 Å². The van der Waals surface area contributed by atoms with E-state index in [1.807, 2.05) is 18.2 Å². The average molecular weight is 389 g/mol. The Morgan fingerprint density at radius 1 is 0.923 bits per heavy atom. The smallest absolute Gasteiger partial charge is 0.229 e. The minimum atomic E-state index is -0.591. The van der Waals surface area contributed by atoms with Gasteiger partial charge in [-0.15, -0.1) is 0 Å². The van der Waals surface area contributed by atoms with Crippen LogP contribution in [-0.2, 0) is 0 Å². The maximum absolute atomic E-state index is 14.1. The summed E-state index contributed by atoms with van der Waals surface area (Å²) in [6.45, 7) is 0. The Morgan fingerprint density at radius 3 is 2.58 bits per heavy atom. The lowest BCUT2D eigenvalue weighted by molar-refractivity contribution is 0.619. The molecule has 6 nitrogen and oxygen atoms in total. The highest BCUT2D eigenvalue weighted by molar-refractivity contribution is 6.42. The average Bonchev–Trinajstić information content (AvgIpc) is 3.09. The maximum Gasteiger partial charge on any atom is 0.229 e. The van der Waals surface area contributed by atoms with E-state index in [1.54, 1.807) is 24.4 Å². The van der Waals surface area contributed by atoms with Crippen molar-refractivity contribution in [3.8, 4) is 0 Å². The van der Waals surface area contributed by atoms with E-state index >= 15 is 0 Å². The molecule has 3 N–H and O–H groups in total. The second-order valence-electron chi connectivity index (χ2n) is 5.44. The molecule has 0 bridgehead atoms. The maximum atomic E-state index is 14.1. The van der Waals surface area contributed by atoms with E-state index in [0.29, 0.717) is 15.7 Å². The molecule has 0 saturated carbocycles. The van der Waals surface area contributed by atoms with E-state index in [1.165, 1.54) is 0 Å². The van der Waals surface area contributed by atoms with Gasteiger partial charge in [0.1, 0.15) is 0 Å². The first-order valence-electron chi connectivity index (χ1n) is 7.53. The van der Waals surface area contributed by atoms with Gasteiger partial charge in [0.2, 0.25) is 5.95 Å². The van der Waals surface area contributed by atoms with Gasteiger partial charge in [0.15, 0.2) is 11.6 Å². The van der Waals surface area contributed by atoms with Crippen molar-refractivity contribution in [2.24, 2.45) is 0 Å². The summed E-state index contributed by atoms with van der Waals surface area (Å²) < 4.78 is 14.1. The molecule has 0 amide bonds. The van der Waals surface area contributed by atoms with Crippen molar-refractivity contribution in [3.63, 3.8) is 0 Å². The molecule has 0 spiro atoms. The van der Waals surface area contributed by atoms with Crippen LogP contribution in [-0.4, -0.2) is 20.2 Å². The molecule has 9 heteroatoms. The zero-order valence-corrected chi connectivity index (χ0v) is 14.6. The number of fused-ring (bicyclic) bond motifs is 1. The highest BCUT2D eigenvalue weighted by Crippen LogP contribution is 2.27. The van der Waals surface area contributed by atoms with E-state index in [2.05, 4.69) is 30.8 Å². The molecular formula is C17H11Cl2FN6. The van der Waals surface area contributed by atoms with Crippen molar-refractivity contribution in [2.75, 3.05) is 10.6 Å². The number of halogens is 3. The fourth-order valence-electron chi connectivity index (χ4n) is 2.38. The Bertz CT molecular complexity index is 1100. The number of hydrogen-bond donors (Lipinski definition) is 3. The Labute approximate surface area is 157 Å². The van der Waals surface area contributed by atoms with E-state index in [9.17, 15) is 4.39 Å². The van der Waals surface area contributed by atoms with Crippen LogP contribution in [0.4, 0.5) is 27.5 Å². The molecule has 0 unspecified atom stereocenters. The summed E-state index contributed by atoms with van der Waals surface area (Å²) in [6, 6.07) is 10.5. The predicted octanol–water partition coefficient (Wildman–Crippen LogP) is 5.29. The van der Waals surface area contributed by atoms with Crippen LogP contribution in [0.25, 0.3) is 10.9 Å². The summed E-state index contributed by atoms with van der Waals surface area (Å²) in [5.41, 5.74) is 2.23. The molecule has 0 aliphatic carbocycles. The van der Waals surface area contributed by atoms with Crippen LogP contribution in [0.2, 0.25) is 10.0 Å². The molecule has 0 aliphatic heterocycles. The van der Waals surface area contributed by atoms with Crippen LogP contribution < -0.4 is 10.6 Å². The Balaban J connectivity index is 1.59. The van der Waals surface area contributed by atoms with Crippen LogP contribution in [0.3, 0.4) is 0 Å². The van der Waals surface area contributed by atoms with Gasteiger partial charge in [0, 0.05) is 16.8 Å². The van der Waals surface area contributed by atoms with E-state index in [-0.39, 0.29) is 11.8 Å². The third kappa shape index (κ3) is 3.40. The largest absolute Gasteiger partial charge is 0.338 e. The number of rotatable bonds is 4. The number of aromatic amines is 1. The predicted molar refractivity (Wildman–Crippen MR) is 101 cm³/mol. The molecule has 0 atom stereocenters. The third-order valence-electron chi connectivity index (χ3n) is 3.62. The van der Waals surface area contributed by atoms with E-state index in [4.69, 9.17) is 23.2 Å². The highest BCUT2D eigenvalue weighted by Gasteiger charge is 2.09. The van der Waals surface area contributed by atoms with Crippen LogP contribution >= 0.6 is 23.2 Å². The monoisotopic (exact) mass is 388 g/mol. The summed E-state index contributed by atoms with van der Waals surface area (Å²) in [4.78, 5) is 8.14. The van der Waals surface area contributed by atoms with Crippen LogP contribution in [0.1, 0.15) is 0 Å². The summed E-state index contributed by atoms with van der Waals surface area (Å²) in [6.07, 6.45) is 2.80. The van der Waals surface area contributed by atoms with Crippen LogP contribution in [0.15, 0.2) is 48.8 Å². The molecule has 4 aromatic rings. The van der Waals surface area contributed by atoms with Crippen molar-refractivity contribution in [3.05, 3.63) is 64.7 Å². The highest BCUT2D eigenvalue weighted by atomic mass is 35.5. The van der Waals surface area contributed by atoms with Gasteiger partial charge in [-0.1, -0.05) is 23.2 Å². The number of aromatic nitrogens is 4. The lowest BCUT2D eigenvalue weighted by atomic mass is 10.2. The lowest BCUT2D eigenvalue weighted by Gasteiger charge is -2.10. The Kier molecular flexibility index (Phi) is 4.32. The zero-order chi connectivity index (χ0) is 18.1. The third-order valence-corrected chi connectivity index (χ3v) is 4.36. The number of benzene rings is 2. The molecule has 2 heterocycles. The summed E-state index contributed by atoms with van der Waals surface area (Å²) in [5.74, 6) is -0.325. The lowest BCUT2D eigenvalue weighted by Crippen LogP contribution is -2.03. The SMILES string of the molecule is Fc1cnc(Nc2ccc3[nH]ncc3c2)nc1Nc1ccc(Cl)c(Cl)c1. The second kappa shape index (κ2) is 6.78. The van der Waals surface area contributed by atoms with E-state index < -0.39 is 5.82 Å². The first-order valence-corrected chi connectivity index (χ1v) is 8.29. The number of hydrogen-bond acceptors (Lipinski definition) is 5. The Hall–Kier alpha value is -2.90. The Morgan fingerprint density at radius 2 is 1.73 bits per heavy atom. The van der Waals surface area contributed by atoms with Crippen molar-refractivity contribution in [2.45, 2.75) is 0 Å². The standard InChI is InChI=1S/C17H11Cl2FN6/c18-12-3-1-11(6-13(12)19)23-16-14(20)8-21-17(25-16)24-10-2-4-15-9(5-10)7-22-26-15/h1-8H,(H,22,26)(H2,21,23,24,25). The van der Waals surface area contributed by atoms with Crippen molar-refractivity contribution in [1.29, 1.82) is 0 Å². The van der Waals surface area contributed by atoms with E-state index in [0.717, 1.165) is 22.8 Å². The molecule has 130 valence electrons.